The van der Waals surface area contributed by atoms with Crippen molar-refractivity contribution < 1.29 is 9.50 Å². The molecule has 1 aliphatic rings. The predicted molar refractivity (Wildman–Crippen MR) is 105 cm³/mol. The van der Waals surface area contributed by atoms with Crippen molar-refractivity contribution in [1.29, 1.82) is 0 Å². The van der Waals surface area contributed by atoms with Crippen LogP contribution in [-0.4, -0.2) is 37.7 Å². The maximum Gasteiger partial charge on any atom is 0.230 e. The van der Waals surface area contributed by atoms with E-state index in [1.807, 2.05) is 13.0 Å². The number of piperidine rings is 1. The number of hydrogen-bond donors (Lipinski definition) is 1. The van der Waals surface area contributed by atoms with Crippen LogP contribution in [0, 0.1) is 17.7 Å². The van der Waals surface area contributed by atoms with E-state index in [1.165, 1.54) is 28.3 Å². The third-order valence-corrected chi connectivity index (χ3v) is 6.31. The van der Waals surface area contributed by atoms with Crippen molar-refractivity contribution in [3.8, 4) is 5.88 Å². The smallest absolute Gasteiger partial charge is 0.230 e. The number of likely N-dealkylation sites (tertiary alicyclic amines) is 1. The lowest BCUT2D eigenvalue weighted by Gasteiger charge is -2.40. The second-order valence-electron chi connectivity index (χ2n) is 7.72. The monoisotopic (exact) mass is 388 g/mol. The Morgan fingerprint density at radius 1 is 1.30 bits per heavy atom. The van der Waals surface area contributed by atoms with E-state index in [0.29, 0.717) is 22.6 Å². The molecule has 7 heteroatoms. The van der Waals surface area contributed by atoms with E-state index < -0.39 is 0 Å². The van der Waals surface area contributed by atoms with Crippen molar-refractivity contribution in [3.63, 3.8) is 0 Å². The van der Waals surface area contributed by atoms with Crippen molar-refractivity contribution >= 4 is 16.3 Å². The van der Waals surface area contributed by atoms with Gasteiger partial charge in [-0.05, 0) is 36.0 Å². The molecule has 27 heavy (non-hydrogen) atoms. The molecule has 3 aromatic rings. The first-order valence-electron chi connectivity index (χ1n) is 9.53. The number of hydrogen-bond acceptors (Lipinski definition) is 5. The first kappa shape index (κ1) is 18.4. The molecule has 144 valence electrons. The lowest BCUT2D eigenvalue weighted by atomic mass is 9.89. The summed E-state index contributed by atoms with van der Waals surface area (Å²) in [7, 11) is 0. The minimum atomic E-state index is -0.261. The highest BCUT2D eigenvalue weighted by atomic mass is 32.1. The van der Waals surface area contributed by atoms with Gasteiger partial charge in [-0.15, -0.1) is 5.10 Å². The molecule has 0 aliphatic carbocycles. The number of aromatic nitrogens is 3. The topological polar surface area (TPSA) is 53.7 Å². The van der Waals surface area contributed by atoms with Gasteiger partial charge in [0.05, 0.1) is 10.9 Å². The highest BCUT2D eigenvalue weighted by molar-refractivity contribution is 7.17. The molecule has 0 amide bonds. The second kappa shape index (κ2) is 7.20. The van der Waals surface area contributed by atoms with Gasteiger partial charge in [0.25, 0.3) is 0 Å². The summed E-state index contributed by atoms with van der Waals surface area (Å²) < 4.78 is 15.5. The highest BCUT2D eigenvalue weighted by Crippen LogP contribution is 2.42. The fraction of sp³-hybridized carbons (Fsp3) is 0.500. The zero-order chi connectivity index (χ0) is 19.1. The van der Waals surface area contributed by atoms with Crippen LogP contribution in [0.3, 0.4) is 0 Å². The molecule has 1 saturated heterocycles. The SMILES string of the molecule is CCc1nc2sc([C@H](c3cccc(F)c3)N3C[C@H](C)C[C@@H](C)C3)c(O)n2n1. The van der Waals surface area contributed by atoms with Gasteiger partial charge < -0.3 is 5.11 Å². The van der Waals surface area contributed by atoms with Crippen LogP contribution < -0.4 is 0 Å². The quantitative estimate of drug-likeness (QED) is 0.725. The Bertz CT molecular complexity index is 943. The summed E-state index contributed by atoms with van der Waals surface area (Å²) in [6.07, 6.45) is 1.91. The molecule has 1 fully saturated rings. The molecule has 5 nitrogen and oxygen atoms in total. The zero-order valence-corrected chi connectivity index (χ0v) is 16.7. The maximum atomic E-state index is 14.0. The average molecular weight is 389 g/mol. The number of nitrogens with zero attached hydrogens (tertiary/aromatic N) is 4. The summed E-state index contributed by atoms with van der Waals surface area (Å²) in [5.41, 5.74) is 0.854. The Labute approximate surface area is 162 Å². The van der Waals surface area contributed by atoms with Gasteiger partial charge in [-0.2, -0.15) is 4.52 Å². The molecular formula is C20H25FN4OS. The number of halogens is 1. The van der Waals surface area contributed by atoms with Crippen LogP contribution >= 0.6 is 11.3 Å². The molecule has 1 aliphatic heterocycles. The first-order valence-corrected chi connectivity index (χ1v) is 10.3. The fourth-order valence-corrected chi connectivity index (χ4v) is 5.38. The summed E-state index contributed by atoms with van der Waals surface area (Å²) in [5.74, 6) is 1.68. The molecule has 0 saturated carbocycles. The van der Waals surface area contributed by atoms with E-state index in [4.69, 9.17) is 0 Å². The molecular weight excluding hydrogens is 363 g/mol. The van der Waals surface area contributed by atoms with Gasteiger partial charge in [-0.1, -0.05) is 44.2 Å². The Morgan fingerprint density at radius 3 is 2.67 bits per heavy atom. The molecule has 4 rings (SSSR count). The molecule has 0 bridgehead atoms. The lowest BCUT2D eigenvalue weighted by Crippen LogP contribution is -2.41. The molecule has 3 atom stereocenters. The molecule has 0 radical (unpaired) electrons. The minimum Gasteiger partial charge on any atom is -0.492 e. The van der Waals surface area contributed by atoms with Gasteiger partial charge in [-0.3, -0.25) is 4.90 Å². The van der Waals surface area contributed by atoms with E-state index in [2.05, 4.69) is 28.8 Å². The number of rotatable bonds is 4. The van der Waals surface area contributed by atoms with Crippen molar-refractivity contribution in [1.82, 2.24) is 19.5 Å². The van der Waals surface area contributed by atoms with Crippen LogP contribution in [0.2, 0.25) is 0 Å². The van der Waals surface area contributed by atoms with E-state index in [-0.39, 0.29) is 17.7 Å². The van der Waals surface area contributed by atoms with E-state index >= 15 is 0 Å². The Kier molecular flexibility index (Phi) is 4.90. The standard InChI is InChI=1S/C20H25FN4OS/c1-4-16-22-20-25(23-16)19(26)18(27-20)17(14-6-5-7-15(21)9-14)24-10-12(2)8-13(3)11-24/h5-7,9,12-13,17,26H,4,8,10-11H2,1-3H3/t12-,13-,17+/m1/s1. The lowest BCUT2D eigenvalue weighted by molar-refractivity contribution is 0.111. The van der Waals surface area contributed by atoms with Gasteiger partial charge in [0, 0.05) is 19.5 Å². The molecule has 1 N–H and O–H groups in total. The second-order valence-corrected chi connectivity index (χ2v) is 8.73. The van der Waals surface area contributed by atoms with Gasteiger partial charge in [0.1, 0.15) is 5.82 Å². The maximum absolute atomic E-state index is 14.0. The Morgan fingerprint density at radius 2 is 2.04 bits per heavy atom. The van der Waals surface area contributed by atoms with E-state index in [9.17, 15) is 9.50 Å². The Balaban J connectivity index is 1.82. The molecule has 1 aromatic carbocycles. The Hall–Kier alpha value is -1.99. The number of thiazole rings is 1. The van der Waals surface area contributed by atoms with Crippen molar-refractivity contribution in [2.45, 2.75) is 39.7 Å². The summed E-state index contributed by atoms with van der Waals surface area (Å²) in [6, 6.07) is 6.49. The number of aryl methyl sites for hydroxylation is 1. The van der Waals surface area contributed by atoms with Crippen LogP contribution in [0.25, 0.3) is 4.96 Å². The summed E-state index contributed by atoms with van der Waals surface area (Å²) in [6.45, 7) is 8.32. The van der Waals surface area contributed by atoms with E-state index in [0.717, 1.165) is 30.0 Å². The van der Waals surface area contributed by atoms with Crippen LogP contribution in [0.15, 0.2) is 24.3 Å². The highest BCUT2D eigenvalue weighted by Gasteiger charge is 2.33. The fourth-order valence-electron chi connectivity index (χ4n) is 4.25. The van der Waals surface area contributed by atoms with Gasteiger partial charge in [0.2, 0.25) is 10.8 Å². The number of benzene rings is 1. The van der Waals surface area contributed by atoms with Crippen LogP contribution in [-0.2, 0) is 6.42 Å². The molecule has 0 unspecified atom stereocenters. The summed E-state index contributed by atoms with van der Waals surface area (Å²) in [4.78, 5) is 8.32. The van der Waals surface area contributed by atoms with Crippen molar-refractivity contribution in [2.24, 2.45) is 11.8 Å². The third kappa shape index (κ3) is 3.46. The summed E-state index contributed by atoms with van der Waals surface area (Å²) >= 11 is 1.44. The normalized spacial score (nSPS) is 22.4. The molecule has 3 heterocycles. The summed E-state index contributed by atoms with van der Waals surface area (Å²) in [5, 5.41) is 15.3. The number of fused-ring (bicyclic) bond motifs is 1. The van der Waals surface area contributed by atoms with Crippen molar-refractivity contribution in [2.75, 3.05) is 13.1 Å². The van der Waals surface area contributed by atoms with E-state index in [1.54, 1.807) is 12.1 Å². The predicted octanol–water partition coefficient (Wildman–Crippen LogP) is 4.27. The van der Waals surface area contributed by atoms with Crippen LogP contribution in [0.4, 0.5) is 4.39 Å². The number of aromatic hydroxyl groups is 1. The molecule has 2 aromatic heterocycles. The van der Waals surface area contributed by atoms with Crippen LogP contribution in [0.1, 0.15) is 49.5 Å². The van der Waals surface area contributed by atoms with Gasteiger partial charge in [0.15, 0.2) is 5.82 Å². The van der Waals surface area contributed by atoms with Crippen molar-refractivity contribution in [3.05, 3.63) is 46.3 Å². The van der Waals surface area contributed by atoms with Gasteiger partial charge >= 0.3 is 0 Å². The average Bonchev–Trinajstić information content (AvgIpc) is 3.14. The third-order valence-electron chi connectivity index (χ3n) is 5.23. The zero-order valence-electron chi connectivity index (χ0n) is 15.9. The molecule has 0 spiro atoms. The minimum absolute atomic E-state index is 0.113. The van der Waals surface area contributed by atoms with Gasteiger partial charge in [-0.25, -0.2) is 9.37 Å². The van der Waals surface area contributed by atoms with Crippen LogP contribution in [0.5, 0.6) is 5.88 Å². The first-order chi connectivity index (χ1) is 13.0. The largest absolute Gasteiger partial charge is 0.492 e.